The Balaban J connectivity index is 1.84. The summed E-state index contributed by atoms with van der Waals surface area (Å²) in [7, 11) is 2.06. The lowest BCUT2D eigenvalue weighted by atomic mass is 10.1. The highest BCUT2D eigenvalue weighted by Gasteiger charge is 2.25. The van der Waals surface area contributed by atoms with Gasteiger partial charge in [0.05, 0.1) is 18.8 Å². The topological polar surface area (TPSA) is 82.8 Å². The molecule has 3 rings (SSSR count). The van der Waals surface area contributed by atoms with Crippen molar-refractivity contribution in [2.75, 3.05) is 44.7 Å². The number of nitrogens with zero attached hydrogens (tertiary/aromatic N) is 4. The van der Waals surface area contributed by atoms with Crippen LogP contribution in [0.25, 0.3) is 0 Å². The molecular weight excluding hydrogens is 354 g/mol. The number of urea groups is 1. The first-order valence-electron chi connectivity index (χ1n) is 9.48. The number of piperazine rings is 1. The minimum atomic E-state index is -0.150. The largest absolute Gasteiger partial charge is 0.324 e. The number of aromatic nitrogens is 1. The number of rotatable bonds is 5. The van der Waals surface area contributed by atoms with E-state index in [1.165, 1.54) is 6.20 Å². The normalized spacial score (nSPS) is 14.8. The van der Waals surface area contributed by atoms with Gasteiger partial charge in [0.2, 0.25) is 0 Å². The molecular formula is C21H27N5O2. The molecule has 1 aliphatic heterocycles. The predicted molar refractivity (Wildman–Crippen MR) is 109 cm³/mol. The molecule has 7 heteroatoms. The van der Waals surface area contributed by atoms with Gasteiger partial charge < -0.3 is 15.5 Å². The highest BCUT2D eigenvalue weighted by molar-refractivity contribution is 5.97. The Bertz CT molecular complexity index is 829. The van der Waals surface area contributed by atoms with Crippen molar-refractivity contribution < 1.29 is 9.59 Å². The van der Waals surface area contributed by atoms with E-state index in [1.54, 1.807) is 17.0 Å². The molecule has 1 aromatic carbocycles. The summed E-state index contributed by atoms with van der Waals surface area (Å²) in [4.78, 5) is 35.2. The number of ketones is 1. The number of nitrogens with two attached hydrogens (primary N) is 1. The first-order chi connectivity index (χ1) is 13.5. The number of pyridine rings is 1. The molecule has 0 saturated carbocycles. The van der Waals surface area contributed by atoms with Crippen LogP contribution in [0.3, 0.4) is 0 Å². The van der Waals surface area contributed by atoms with Gasteiger partial charge in [-0.25, -0.2) is 4.79 Å². The molecule has 0 unspecified atom stereocenters. The van der Waals surface area contributed by atoms with Crippen molar-refractivity contribution in [3.63, 3.8) is 0 Å². The number of hydrogen-bond acceptors (Lipinski definition) is 5. The number of amides is 2. The van der Waals surface area contributed by atoms with Crippen molar-refractivity contribution in [3.05, 3.63) is 59.4 Å². The molecule has 0 spiro atoms. The van der Waals surface area contributed by atoms with Gasteiger partial charge in [-0.3, -0.25) is 14.7 Å². The molecule has 2 amide bonds. The second-order valence-corrected chi connectivity index (χ2v) is 7.16. The van der Waals surface area contributed by atoms with Crippen LogP contribution in [0.1, 0.15) is 21.6 Å². The summed E-state index contributed by atoms with van der Waals surface area (Å²) in [5, 5.41) is 0. The molecule has 0 radical (unpaired) electrons. The van der Waals surface area contributed by atoms with Crippen molar-refractivity contribution in [2.45, 2.75) is 13.5 Å². The molecule has 1 saturated heterocycles. The fourth-order valence-corrected chi connectivity index (χ4v) is 3.20. The maximum absolute atomic E-state index is 13.3. The number of aryl methyl sites for hydroxylation is 1. The number of carbonyl (C=O) groups excluding carboxylic acids is 2. The molecule has 148 valence electrons. The highest BCUT2D eigenvalue weighted by Crippen LogP contribution is 2.21. The Morgan fingerprint density at radius 2 is 1.89 bits per heavy atom. The van der Waals surface area contributed by atoms with E-state index in [4.69, 9.17) is 5.73 Å². The Morgan fingerprint density at radius 1 is 1.14 bits per heavy atom. The second kappa shape index (κ2) is 8.95. The molecule has 28 heavy (non-hydrogen) atoms. The first-order valence-corrected chi connectivity index (χ1v) is 9.48. The van der Waals surface area contributed by atoms with E-state index in [1.807, 2.05) is 36.1 Å². The monoisotopic (exact) mass is 381 g/mol. The second-order valence-electron chi connectivity index (χ2n) is 7.16. The Hall–Kier alpha value is -2.77. The van der Waals surface area contributed by atoms with Crippen molar-refractivity contribution in [3.8, 4) is 0 Å². The SMILES string of the molecule is Cc1cccc(N(Cc2ccc(C(=O)CN)cn2)C(=O)N2CCN(C)CC2)c1. The molecule has 1 fully saturated rings. The Labute approximate surface area is 165 Å². The number of anilines is 1. The standard InChI is InChI=1S/C21H27N5O2/c1-16-4-3-5-19(12-16)26(21(28)25-10-8-24(2)9-11-25)15-18-7-6-17(14-23-18)20(27)13-22/h3-7,12,14H,8-11,13,15,22H2,1-2H3. The van der Waals surface area contributed by atoms with Crippen LogP contribution in [0, 0.1) is 6.92 Å². The molecule has 7 nitrogen and oxygen atoms in total. The Kier molecular flexibility index (Phi) is 6.38. The molecule has 1 aromatic heterocycles. The summed E-state index contributed by atoms with van der Waals surface area (Å²) in [6.07, 6.45) is 1.53. The summed E-state index contributed by atoms with van der Waals surface area (Å²) < 4.78 is 0. The van der Waals surface area contributed by atoms with Gasteiger partial charge in [-0.1, -0.05) is 12.1 Å². The third kappa shape index (κ3) is 4.74. The lowest BCUT2D eigenvalue weighted by Gasteiger charge is -2.36. The van der Waals surface area contributed by atoms with E-state index in [0.717, 1.165) is 30.0 Å². The number of carbonyl (C=O) groups is 2. The number of hydrogen-bond donors (Lipinski definition) is 1. The van der Waals surface area contributed by atoms with E-state index in [9.17, 15) is 9.59 Å². The van der Waals surface area contributed by atoms with Gasteiger partial charge in [-0.15, -0.1) is 0 Å². The quantitative estimate of drug-likeness (QED) is 0.800. The van der Waals surface area contributed by atoms with Crippen LogP contribution in [0.4, 0.5) is 10.5 Å². The average molecular weight is 381 g/mol. The minimum Gasteiger partial charge on any atom is -0.324 e. The Morgan fingerprint density at radius 3 is 2.50 bits per heavy atom. The van der Waals surface area contributed by atoms with Gasteiger partial charge in [-0.05, 0) is 43.8 Å². The average Bonchev–Trinajstić information content (AvgIpc) is 2.72. The summed E-state index contributed by atoms with van der Waals surface area (Å²) >= 11 is 0. The smallest absolute Gasteiger partial charge is 0.324 e. The lowest BCUT2D eigenvalue weighted by Crippen LogP contribution is -2.52. The van der Waals surface area contributed by atoms with E-state index >= 15 is 0 Å². The van der Waals surface area contributed by atoms with Crippen LogP contribution in [-0.2, 0) is 6.54 Å². The summed E-state index contributed by atoms with van der Waals surface area (Å²) in [6, 6.07) is 11.4. The zero-order valence-electron chi connectivity index (χ0n) is 16.5. The highest BCUT2D eigenvalue weighted by atomic mass is 16.2. The van der Waals surface area contributed by atoms with E-state index in [2.05, 4.69) is 16.9 Å². The van der Waals surface area contributed by atoms with Crippen molar-refractivity contribution in [1.82, 2.24) is 14.8 Å². The predicted octanol–water partition coefficient (Wildman–Crippen LogP) is 1.91. The van der Waals surface area contributed by atoms with Gasteiger partial charge in [0.1, 0.15) is 0 Å². The van der Waals surface area contributed by atoms with Crippen LogP contribution in [0.15, 0.2) is 42.6 Å². The van der Waals surface area contributed by atoms with Crippen molar-refractivity contribution >= 4 is 17.5 Å². The lowest BCUT2D eigenvalue weighted by molar-refractivity contribution is 0.100. The zero-order chi connectivity index (χ0) is 20.1. The van der Waals surface area contributed by atoms with E-state index in [-0.39, 0.29) is 18.4 Å². The summed E-state index contributed by atoms with van der Waals surface area (Å²) in [5.41, 5.74) is 8.54. The maximum atomic E-state index is 13.3. The zero-order valence-corrected chi connectivity index (χ0v) is 16.5. The fourth-order valence-electron chi connectivity index (χ4n) is 3.20. The third-order valence-electron chi connectivity index (χ3n) is 4.97. The maximum Gasteiger partial charge on any atom is 0.324 e. The van der Waals surface area contributed by atoms with Gasteiger partial charge in [0.25, 0.3) is 0 Å². The molecule has 0 atom stereocenters. The van der Waals surface area contributed by atoms with Crippen molar-refractivity contribution in [2.24, 2.45) is 5.73 Å². The van der Waals surface area contributed by atoms with Gasteiger partial charge in [0, 0.05) is 43.6 Å². The van der Waals surface area contributed by atoms with Gasteiger partial charge in [-0.2, -0.15) is 0 Å². The molecule has 2 heterocycles. The van der Waals surface area contributed by atoms with Crippen LogP contribution in [0.2, 0.25) is 0 Å². The first kappa shape index (κ1) is 20.0. The molecule has 0 bridgehead atoms. The minimum absolute atomic E-state index is 0.0254. The molecule has 0 aliphatic carbocycles. The fraction of sp³-hybridized carbons (Fsp3) is 0.381. The van der Waals surface area contributed by atoms with Crippen LogP contribution in [-0.4, -0.2) is 66.4 Å². The van der Waals surface area contributed by atoms with Gasteiger partial charge >= 0.3 is 6.03 Å². The van der Waals surface area contributed by atoms with E-state index in [0.29, 0.717) is 25.2 Å². The van der Waals surface area contributed by atoms with Crippen molar-refractivity contribution in [1.29, 1.82) is 0 Å². The van der Waals surface area contributed by atoms with E-state index < -0.39 is 0 Å². The molecule has 1 aliphatic rings. The van der Waals surface area contributed by atoms with Crippen LogP contribution >= 0.6 is 0 Å². The van der Waals surface area contributed by atoms with Gasteiger partial charge in [0.15, 0.2) is 5.78 Å². The number of benzene rings is 1. The van der Waals surface area contributed by atoms with Crippen LogP contribution in [0.5, 0.6) is 0 Å². The van der Waals surface area contributed by atoms with Crippen LogP contribution < -0.4 is 10.6 Å². The summed E-state index contributed by atoms with van der Waals surface area (Å²) in [5.74, 6) is -0.150. The molecule has 2 aromatic rings. The summed E-state index contributed by atoms with van der Waals surface area (Å²) in [6.45, 7) is 5.44. The molecule has 2 N–H and O–H groups in total. The third-order valence-corrected chi connectivity index (χ3v) is 4.97. The number of Topliss-reactive ketones (excluding diaryl/α,β-unsaturated/α-hetero) is 1. The number of likely N-dealkylation sites (N-methyl/N-ethyl adjacent to an activating group) is 1.